The molecule has 3 heteroatoms. The number of benzene rings is 1. The maximum absolute atomic E-state index is 12.4. The van der Waals surface area contributed by atoms with Gasteiger partial charge in [0, 0.05) is 6.54 Å². The van der Waals surface area contributed by atoms with Crippen LogP contribution in [0.15, 0.2) is 24.3 Å². The van der Waals surface area contributed by atoms with Gasteiger partial charge in [-0.1, -0.05) is 38.1 Å². The van der Waals surface area contributed by atoms with Crippen LogP contribution in [0.25, 0.3) is 0 Å². The second kappa shape index (κ2) is 8.33. The molecule has 1 N–H and O–H groups in total. The number of nitrogens with one attached hydrogen (secondary N) is 1. The smallest absolute Gasteiger partial charge is 0.230 e. The standard InChI is InChI=1S/C19H32N2O/c1-15(2)14-16-8-10-17(11-9-16)19(3,4)18(22)20-12-7-13-21(5)6/h8-11,15H,7,12-14H2,1-6H3,(H,20,22). The Balaban J connectivity index is 2.62. The van der Waals surface area contributed by atoms with Crippen molar-refractivity contribution in [3.05, 3.63) is 35.4 Å². The fraction of sp³-hybridized carbons (Fsp3) is 0.632. The molecule has 0 saturated carbocycles. The van der Waals surface area contributed by atoms with Crippen molar-refractivity contribution >= 4 is 5.91 Å². The second-order valence-electron chi connectivity index (χ2n) is 7.33. The summed E-state index contributed by atoms with van der Waals surface area (Å²) in [5.41, 5.74) is 1.92. The van der Waals surface area contributed by atoms with E-state index in [9.17, 15) is 4.79 Å². The van der Waals surface area contributed by atoms with Crippen molar-refractivity contribution in [1.29, 1.82) is 0 Å². The molecule has 1 rings (SSSR count). The molecule has 22 heavy (non-hydrogen) atoms. The van der Waals surface area contributed by atoms with E-state index >= 15 is 0 Å². The van der Waals surface area contributed by atoms with Gasteiger partial charge < -0.3 is 10.2 Å². The average molecular weight is 304 g/mol. The largest absolute Gasteiger partial charge is 0.355 e. The summed E-state index contributed by atoms with van der Waals surface area (Å²) >= 11 is 0. The van der Waals surface area contributed by atoms with Crippen LogP contribution in [0.5, 0.6) is 0 Å². The molecule has 3 nitrogen and oxygen atoms in total. The molecule has 0 aromatic heterocycles. The average Bonchev–Trinajstić information content (AvgIpc) is 2.43. The van der Waals surface area contributed by atoms with Gasteiger partial charge in [-0.05, 0) is 64.4 Å². The van der Waals surface area contributed by atoms with Crippen LogP contribution in [0.3, 0.4) is 0 Å². The van der Waals surface area contributed by atoms with Gasteiger partial charge in [0.2, 0.25) is 5.91 Å². The van der Waals surface area contributed by atoms with E-state index in [-0.39, 0.29) is 5.91 Å². The van der Waals surface area contributed by atoms with Crippen molar-refractivity contribution in [1.82, 2.24) is 10.2 Å². The summed E-state index contributed by atoms with van der Waals surface area (Å²) in [5, 5.41) is 3.06. The first-order chi connectivity index (χ1) is 10.2. The molecule has 0 bridgehead atoms. The minimum atomic E-state index is -0.492. The highest BCUT2D eigenvalue weighted by Crippen LogP contribution is 2.24. The van der Waals surface area contributed by atoms with Gasteiger partial charge in [-0.2, -0.15) is 0 Å². The number of nitrogens with zero attached hydrogens (tertiary/aromatic N) is 1. The lowest BCUT2D eigenvalue weighted by Crippen LogP contribution is -2.41. The van der Waals surface area contributed by atoms with Crippen LogP contribution in [0.4, 0.5) is 0 Å². The van der Waals surface area contributed by atoms with E-state index in [0.717, 1.165) is 31.5 Å². The molecule has 0 spiro atoms. The minimum Gasteiger partial charge on any atom is -0.355 e. The third kappa shape index (κ3) is 5.80. The fourth-order valence-electron chi connectivity index (χ4n) is 2.48. The Labute approximate surface area is 136 Å². The van der Waals surface area contributed by atoms with Crippen molar-refractivity contribution in [2.24, 2.45) is 5.92 Å². The molecule has 0 unspecified atom stereocenters. The van der Waals surface area contributed by atoms with E-state index in [1.807, 2.05) is 27.9 Å². The van der Waals surface area contributed by atoms with Gasteiger partial charge >= 0.3 is 0 Å². The fourth-order valence-corrected chi connectivity index (χ4v) is 2.48. The molecular weight excluding hydrogens is 272 g/mol. The van der Waals surface area contributed by atoms with Crippen molar-refractivity contribution in [2.45, 2.75) is 46.0 Å². The molecule has 0 aliphatic heterocycles. The highest BCUT2D eigenvalue weighted by molar-refractivity contribution is 5.87. The van der Waals surface area contributed by atoms with Gasteiger partial charge in [0.15, 0.2) is 0 Å². The van der Waals surface area contributed by atoms with E-state index in [1.165, 1.54) is 5.56 Å². The quantitative estimate of drug-likeness (QED) is 0.748. The number of hydrogen-bond acceptors (Lipinski definition) is 2. The number of carbonyl (C=O) groups is 1. The van der Waals surface area contributed by atoms with Crippen LogP contribution in [0.1, 0.15) is 45.2 Å². The third-order valence-electron chi connectivity index (χ3n) is 3.95. The molecule has 0 fully saturated rings. The maximum atomic E-state index is 12.4. The monoisotopic (exact) mass is 304 g/mol. The van der Waals surface area contributed by atoms with E-state index in [2.05, 4.69) is 48.3 Å². The SMILES string of the molecule is CC(C)Cc1ccc(C(C)(C)C(=O)NCCCN(C)C)cc1. The molecule has 0 aliphatic rings. The van der Waals surface area contributed by atoms with E-state index in [4.69, 9.17) is 0 Å². The summed E-state index contributed by atoms with van der Waals surface area (Å²) in [5.74, 6) is 0.752. The number of hydrogen-bond donors (Lipinski definition) is 1. The van der Waals surface area contributed by atoms with Gasteiger partial charge in [0.1, 0.15) is 0 Å². The van der Waals surface area contributed by atoms with Crippen LogP contribution in [0, 0.1) is 5.92 Å². The zero-order valence-corrected chi connectivity index (χ0v) is 15.1. The second-order valence-corrected chi connectivity index (χ2v) is 7.33. The normalized spacial score (nSPS) is 12.0. The predicted molar refractivity (Wildman–Crippen MR) is 94.2 cm³/mol. The molecule has 0 radical (unpaired) electrons. The molecule has 124 valence electrons. The molecule has 1 aromatic rings. The zero-order chi connectivity index (χ0) is 16.8. The van der Waals surface area contributed by atoms with Crippen molar-refractivity contribution in [3.63, 3.8) is 0 Å². The lowest BCUT2D eigenvalue weighted by atomic mass is 9.83. The third-order valence-corrected chi connectivity index (χ3v) is 3.95. The Bertz CT molecular complexity index is 461. The Morgan fingerprint density at radius 1 is 1.18 bits per heavy atom. The molecule has 0 heterocycles. The molecule has 1 amide bonds. The number of rotatable bonds is 8. The van der Waals surface area contributed by atoms with E-state index < -0.39 is 5.41 Å². The summed E-state index contributed by atoms with van der Waals surface area (Å²) in [6.07, 6.45) is 2.06. The molecule has 0 atom stereocenters. The van der Waals surface area contributed by atoms with Gasteiger partial charge in [-0.15, -0.1) is 0 Å². The van der Waals surface area contributed by atoms with Crippen molar-refractivity contribution < 1.29 is 4.79 Å². The van der Waals surface area contributed by atoms with Gasteiger partial charge in [0.05, 0.1) is 5.41 Å². The van der Waals surface area contributed by atoms with Crippen LogP contribution >= 0.6 is 0 Å². The lowest BCUT2D eigenvalue weighted by molar-refractivity contribution is -0.125. The molecular formula is C19H32N2O. The Morgan fingerprint density at radius 2 is 1.77 bits per heavy atom. The molecule has 1 aromatic carbocycles. The first kappa shape index (κ1) is 18.7. The number of carbonyl (C=O) groups excluding carboxylic acids is 1. The Kier molecular flexibility index (Phi) is 7.08. The summed E-state index contributed by atoms with van der Waals surface area (Å²) in [4.78, 5) is 14.6. The Morgan fingerprint density at radius 3 is 2.27 bits per heavy atom. The molecule has 0 aliphatic carbocycles. The summed E-state index contributed by atoms with van der Waals surface area (Å²) in [6, 6.07) is 8.49. The Hall–Kier alpha value is -1.35. The predicted octanol–water partition coefficient (Wildman–Crippen LogP) is 3.23. The topological polar surface area (TPSA) is 32.3 Å². The zero-order valence-electron chi connectivity index (χ0n) is 15.1. The minimum absolute atomic E-state index is 0.0999. The van der Waals surface area contributed by atoms with Crippen LogP contribution in [-0.4, -0.2) is 38.0 Å². The van der Waals surface area contributed by atoms with E-state index in [1.54, 1.807) is 0 Å². The summed E-state index contributed by atoms with van der Waals surface area (Å²) in [6.45, 7) is 10.1. The lowest BCUT2D eigenvalue weighted by Gasteiger charge is -2.25. The highest BCUT2D eigenvalue weighted by Gasteiger charge is 2.29. The van der Waals surface area contributed by atoms with Crippen LogP contribution in [-0.2, 0) is 16.6 Å². The first-order valence-electron chi connectivity index (χ1n) is 8.26. The summed E-state index contributed by atoms with van der Waals surface area (Å²) in [7, 11) is 4.09. The number of amides is 1. The van der Waals surface area contributed by atoms with Gasteiger partial charge in [-0.25, -0.2) is 0 Å². The first-order valence-corrected chi connectivity index (χ1v) is 8.26. The maximum Gasteiger partial charge on any atom is 0.230 e. The van der Waals surface area contributed by atoms with Gasteiger partial charge in [0.25, 0.3) is 0 Å². The van der Waals surface area contributed by atoms with E-state index in [0.29, 0.717) is 5.92 Å². The van der Waals surface area contributed by atoms with Crippen LogP contribution in [0.2, 0.25) is 0 Å². The van der Waals surface area contributed by atoms with Crippen LogP contribution < -0.4 is 5.32 Å². The highest BCUT2D eigenvalue weighted by atomic mass is 16.2. The van der Waals surface area contributed by atoms with Crippen molar-refractivity contribution in [3.8, 4) is 0 Å². The summed E-state index contributed by atoms with van der Waals surface area (Å²) < 4.78 is 0. The molecule has 0 saturated heterocycles. The van der Waals surface area contributed by atoms with Crippen molar-refractivity contribution in [2.75, 3.05) is 27.2 Å². The van der Waals surface area contributed by atoms with Gasteiger partial charge in [-0.3, -0.25) is 4.79 Å².